The van der Waals surface area contributed by atoms with Crippen molar-refractivity contribution in [1.82, 2.24) is 4.90 Å². The number of hydrogen-bond donors (Lipinski definition) is 1. The Balaban J connectivity index is 1.73. The van der Waals surface area contributed by atoms with Crippen LogP contribution in [-0.4, -0.2) is 17.0 Å². The topological polar surface area (TPSA) is 32.3 Å². The van der Waals surface area contributed by atoms with Crippen LogP contribution >= 0.6 is 11.6 Å². The zero-order chi connectivity index (χ0) is 16.2. The third-order valence-electron chi connectivity index (χ3n) is 4.35. The maximum absolute atomic E-state index is 12.8. The molecule has 23 heavy (non-hydrogen) atoms. The Morgan fingerprint density at radius 1 is 1.17 bits per heavy atom. The van der Waals surface area contributed by atoms with E-state index in [0.29, 0.717) is 17.5 Å². The highest BCUT2D eigenvalue weighted by atomic mass is 35.5. The first-order valence-corrected chi connectivity index (χ1v) is 8.38. The summed E-state index contributed by atoms with van der Waals surface area (Å²) in [5, 5.41) is 3.64. The number of hydrogen-bond acceptors (Lipinski definition) is 1. The SMILES string of the molecule is C[C@H](C1CC1)N(Cc1ccccc1)C(=O)Nc1ccc(Cl)cc1. The lowest BCUT2D eigenvalue weighted by Gasteiger charge is -2.29. The van der Waals surface area contributed by atoms with Crippen LogP contribution in [0.1, 0.15) is 25.3 Å². The monoisotopic (exact) mass is 328 g/mol. The molecule has 1 aliphatic carbocycles. The molecular weight excluding hydrogens is 308 g/mol. The van der Waals surface area contributed by atoms with Gasteiger partial charge in [-0.1, -0.05) is 41.9 Å². The average Bonchev–Trinajstić information content (AvgIpc) is 3.40. The third kappa shape index (κ3) is 4.26. The van der Waals surface area contributed by atoms with E-state index in [1.54, 1.807) is 12.1 Å². The third-order valence-corrected chi connectivity index (χ3v) is 4.60. The highest BCUT2D eigenvalue weighted by molar-refractivity contribution is 6.30. The Hall–Kier alpha value is -2.00. The number of nitrogens with zero attached hydrogens (tertiary/aromatic N) is 1. The van der Waals surface area contributed by atoms with E-state index in [4.69, 9.17) is 11.6 Å². The minimum Gasteiger partial charge on any atom is -0.317 e. The van der Waals surface area contributed by atoms with E-state index < -0.39 is 0 Å². The number of carbonyl (C=O) groups excluding carboxylic acids is 1. The largest absolute Gasteiger partial charge is 0.322 e. The van der Waals surface area contributed by atoms with E-state index in [9.17, 15) is 4.79 Å². The Kier molecular flexibility index (Phi) is 4.87. The molecule has 2 amide bonds. The van der Waals surface area contributed by atoms with Crippen LogP contribution in [0.5, 0.6) is 0 Å². The van der Waals surface area contributed by atoms with Crippen molar-refractivity contribution in [1.29, 1.82) is 0 Å². The van der Waals surface area contributed by atoms with Crippen LogP contribution in [0.4, 0.5) is 10.5 Å². The van der Waals surface area contributed by atoms with Gasteiger partial charge in [-0.25, -0.2) is 4.79 Å². The van der Waals surface area contributed by atoms with Gasteiger partial charge in [0.1, 0.15) is 0 Å². The molecule has 0 bridgehead atoms. The fourth-order valence-corrected chi connectivity index (χ4v) is 2.87. The minimum absolute atomic E-state index is 0.0597. The van der Waals surface area contributed by atoms with Crippen molar-refractivity contribution in [2.45, 2.75) is 32.4 Å². The number of urea groups is 1. The Morgan fingerprint density at radius 3 is 2.43 bits per heavy atom. The van der Waals surface area contributed by atoms with E-state index in [2.05, 4.69) is 24.4 Å². The van der Waals surface area contributed by atoms with Crippen LogP contribution in [-0.2, 0) is 6.54 Å². The minimum atomic E-state index is -0.0597. The van der Waals surface area contributed by atoms with Gasteiger partial charge in [0.25, 0.3) is 0 Å². The first kappa shape index (κ1) is 15.9. The molecule has 1 saturated carbocycles. The number of amides is 2. The molecule has 0 aliphatic heterocycles. The predicted molar refractivity (Wildman–Crippen MR) is 94.6 cm³/mol. The molecule has 1 atom stereocenters. The van der Waals surface area contributed by atoms with Gasteiger partial charge in [-0.2, -0.15) is 0 Å². The van der Waals surface area contributed by atoms with Gasteiger partial charge in [0.15, 0.2) is 0 Å². The van der Waals surface area contributed by atoms with Crippen LogP contribution in [0.3, 0.4) is 0 Å². The fraction of sp³-hybridized carbons (Fsp3) is 0.316. The van der Waals surface area contributed by atoms with Gasteiger partial charge >= 0.3 is 6.03 Å². The summed E-state index contributed by atoms with van der Waals surface area (Å²) in [5.41, 5.74) is 1.91. The standard InChI is InChI=1S/C19H21ClN2O/c1-14(16-7-8-16)22(13-15-5-3-2-4-6-15)19(23)21-18-11-9-17(20)10-12-18/h2-6,9-12,14,16H,7-8,13H2,1H3,(H,21,23)/t14-/m1/s1. The molecule has 2 aromatic carbocycles. The molecule has 0 heterocycles. The summed E-state index contributed by atoms with van der Waals surface area (Å²) in [6.45, 7) is 2.76. The fourth-order valence-electron chi connectivity index (χ4n) is 2.74. The molecule has 3 nitrogen and oxygen atoms in total. The number of nitrogens with one attached hydrogen (secondary N) is 1. The molecule has 120 valence electrons. The summed E-state index contributed by atoms with van der Waals surface area (Å²) in [7, 11) is 0. The van der Waals surface area contributed by atoms with Gasteiger partial charge in [0.05, 0.1) is 0 Å². The van der Waals surface area contributed by atoms with Crippen molar-refractivity contribution in [3.8, 4) is 0 Å². The molecule has 1 fully saturated rings. The van der Waals surface area contributed by atoms with Gasteiger partial charge in [0.2, 0.25) is 0 Å². The van der Waals surface area contributed by atoms with Gasteiger partial charge < -0.3 is 10.2 Å². The van der Waals surface area contributed by atoms with Crippen molar-refractivity contribution in [3.63, 3.8) is 0 Å². The lowest BCUT2D eigenvalue weighted by molar-refractivity contribution is 0.181. The van der Waals surface area contributed by atoms with Crippen LogP contribution in [0.25, 0.3) is 0 Å². The maximum Gasteiger partial charge on any atom is 0.322 e. The quantitative estimate of drug-likeness (QED) is 0.806. The number of carbonyl (C=O) groups is 1. The van der Waals surface area contributed by atoms with E-state index in [0.717, 1.165) is 11.3 Å². The van der Waals surface area contributed by atoms with Crippen molar-refractivity contribution < 1.29 is 4.79 Å². The first-order chi connectivity index (χ1) is 11.1. The molecule has 1 aliphatic rings. The number of halogens is 1. The average molecular weight is 329 g/mol. The van der Waals surface area contributed by atoms with Crippen LogP contribution in [0.2, 0.25) is 5.02 Å². The number of benzene rings is 2. The number of rotatable bonds is 5. The number of anilines is 1. The van der Waals surface area contributed by atoms with E-state index >= 15 is 0 Å². The smallest absolute Gasteiger partial charge is 0.317 e. The molecule has 2 aromatic rings. The molecule has 0 saturated heterocycles. The van der Waals surface area contributed by atoms with Crippen molar-refractivity contribution >= 4 is 23.3 Å². The second kappa shape index (κ2) is 7.05. The molecule has 4 heteroatoms. The molecular formula is C19H21ClN2O. The Labute approximate surface area is 142 Å². The zero-order valence-electron chi connectivity index (χ0n) is 13.2. The summed E-state index contributed by atoms with van der Waals surface area (Å²) in [6.07, 6.45) is 2.42. The maximum atomic E-state index is 12.8. The van der Waals surface area contributed by atoms with E-state index in [1.807, 2.05) is 35.2 Å². The Morgan fingerprint density at radius 2 is 1.83 bits per heavy atom. The molecule has 1 N–H and O–H groups in total. The van der Waals surface area contributed by atoms with Crippen LogP contribution in [0, 0.1) is 5.92 Å². The summed E-state index contributed by atoms with van der Waals surface area (Å²) in [6, 6.07) is 17.5. The normalized spacial score (nSPS) is 15.0. The van der Waals surface area contributed by atoms with Crippen molar-refractivity contribution in [2.75, 3.05) is 5.32 Å². The lowest BCUT2D eigenvalue weighted by Crippen LogP contribution is -2.42. The first-order valence-electron chi connectivity index (χ1n) is 8.00. The second-order valence-electron chi connectivity index (χ2n) is 6.13. The summed E-state index contributed by atoms with van der Waals surface area (Å²) in [4.78, 5) is 14.7. The van der Waals surface area contributed by atoms with Crippen molar-refractivity contribution in [2.24, 2.45) is 5.92 Å². The summed E-state index contributed by atoms with van der Waals surface area (Å²) in [5.74, 6) is 0.620. The van der Waals surface area contributed by atoms with Gasteiger partial charge in [-0.05, 0) is 55.5 Å². The second-order valence-corrected chi connectivity index (χ2v) is 6.57. The van der Waals surface area contributed by atoms with Gasteiger partial charge in [-0.3, -0.25) is 0 Å². The van der Waals surface area contributed by atoms with Crippen LogP contribution in [0.15, 0.2) is 54.6 Å². The van der Waals surface area contributed by atoms with Crippen LogP contribution < -0.4 is 5.32 Å². The summed E-state index contributed by atoms with van der Waals surface area (Å²) < 4.78 is 0. The molecule has 0 aromatic heterocycles. The van der Waals surface area contributed by atoms with Gasteiger partial charge in [-0.15, -0.1) is 0 Å². The molecule has 0 radical (unpaired) electrons. The van der Waals surface area contributed by atoms with Gasteiger partial charge in [0, 0.05) is 23.3 Å². The predicted octanol–water partition coefficient (Wildman–Crippen LogP) is 5.17. The molecule has 0 unspecified atom stereocenters. The summed E-state index contributed by atoms with van der Waals surface area (Å²) >= 11 is 5.90. The lowest BCUT2D eigenvalue weighted by atomic mass is 10.1. The van der Waals surface area contributed by atoms with E-state index in [-0.39, 0.29) is 12.1 Å². The highest BCUT2D eigenvalue weighted by Crippen LogP contribution is 2.36. The zero-order valence-corrected chi connectivity index (χ0v) is 14.0. The molecule has 0 spiro atoms. The van der Waals surface area contributed by atoms with Crippen molar-refractivity contribution in [3.05, 3.63) is 65.2 Å². The van der Waals surface area contributed by atoms with E-state index in [1.165, 1.54) is 12.8 Å². The molecule has 3 rings (SSSR count). The Bertz CT molecular complexity index is 653. The highest BCUT2D eigenvalue weighted by Gasteiger charge is 2.34.